The van der Waals surface area contributed by atoms with Crippen LogP contribution in [0.4, 0.5) is 4.79 Å². The Kier molecular flexibility index (Phi) is 10.7. The van der Waals surface area contributed by atoms with Crippen molar-refractivity contribution in [1.29, 1.82) is 0 Å². The van der Waals surface area contributed by atoms with Crippen LogP contribution in [-0.4, -0.2) is 71.8 Å². The fraction of sp³-hybridized carbons (Fsp3) is 0.864. The summed E-state index contributed by atoms with van der Waals surface area (Å²) in [7, 11) is 0. The van der Waals surface area contributed by atoms with E-state index in [1.54, 1.807) is 0 Å². The van der Waals surface area contributed by atoms with Gasteiger partial charge in [-0.15, -0.1) is 0 Å². The quantitative estimate of drug-likeness (QED) is 0.133. The van der Waals surface area contributed by atoms with Crippen molar-refractivity contribution in [3.05, 3.63) is 0 Å². The Balaban J connectivity index is 1.56. The number of unbranched alkanes of at least 4 members (excludes halogenated alkanes) is 1. The molecule has 0 aromatic carbocycles. The first-order chi connectivity index (χ1) is 15.5. The number of ether oxygens (including phenoxy) is 1. The largest absolute Gasteiger partial charge is 0.375 e. The second kappa shape index (κ2) is 12.8. The fourth-order valence-corrected chi connectivity index (χ4v) is 5.60. The molecule has 2 rings (SSSR count). The number of carbonyl (C=O) groups excluding carboxylic acids is 3. The van der Waals surface area contributed by atoms with Gasteiger partial charge in [0.1, 0.15) is 6.61 Å². The van der Waals surface area contributed by atoms with Crippen LogP contribution in [0.15, 0.2) is 0 Å². The second-order valence-corrected chi connectivity index (χ2v) is 11.3. The Hall–Kier alpha value is -1.56. The number of nitrogens with two attached hydrogens (primary N) is 1. The smallest absolute Gasteiger partial charge is 0.315 e. The third kappa shape index (κ3) is 10.1. The number of carbonyl (C=O) groups is 3. The van der Waals surface area contributed by atoms with Gasteiger partial charge in [-0.25, -0.2) is 10.7 Å². The molecule has 3 atom stereocenters. The lowest BCUT2D eigenvalue weighted by atomic mass is 9.99. The van der Waals surface area contributed by atoms with Crippen molar-refractivity contribution in [3.8, 4) is 0 Å². The molecular weight excluding hydrogens is 446 g/mol. The number of amides is 4. The summed E-state index contributed by atoms with van der Waals surface area (Å²) in [5.41, 5.74) is -0.767. The van der Waals surface area contributed by atoms with Gasteiger partial charge in [-0.1, -0.05) is 6.42 Å². The van der Waals surface area contributed by atoms with Gasteiger partial charge in [-0.2, -0.15) is 11.8 Å². The number of hydrogen-bond acceptors (Lipinski definition) is 7. The maximum atomic E-state index is 12.4. The molecule has 2 aliphatic rings. The Labute approximate surface area is 201 Å². The van der Waals surface area contributed by atoms with Crippen LogP contribution in [0, 0.1) is 0 Å². The predicted octanol–water partition coefficient (Wildman–Crippen LogP) is 1.19. The molecule has 33 heavy (non-hydrogen) atoms. The summed E-state index contributed by atoms with van der Waals surface area (Å²) in [6.07, 6.45) is 4.64. The van der Waals surface area contributed by atoms with Crippen molar-refractivity contribution < 1.29 is 24.0 Å². The predicted molar refractivity (Wildman–Crippen MR) is 129 cm³/mol. The van der Waals surface area contributed by atoms with Gasteiger partial charge < -0.3 is 26.0 Å². The molecule has 0 aromatic rings. The Morgan fingerprint density at radius 2 is 1.91 bits per heavy atom. The first kappa shape index (κ1) is 27.7. The van der Waals surface area contributed by atoms with Crippen LogP contribution in [0.25, 0.3) is 0 Å². The van der Waals surface area contributed by atoms with Gasteiger partial charge in [0.05, 0.1) is 17.7 Å². The first-order valence-corrected chi connectivity index (χ1v) is 12.8. The topological polar surface area (TPSA) is 144 Å². The lowest BCUT2D eigenvalue weighted by Crippen LogP contribution is -2.44. The molecule has 0 bridgehead atoms. The molecule has 0 spiro atoms. The van der Waals surface area contributed by atoms with Crippen LogP contribution in [0.3, 0.4) is 0 Å². The highest BCUT2D eigenvalue weighted by Gasteiger charge is 2.42. The van der Waals surface area contributed by atoms with E-state index in [2.05, 4.69) is 26.1 Å². The zero-order valence-electron chi connectivity index (χ0n) is 20.3. The molecule has 4 amide bonds. The molecular formula is C22H41N5O5S. The lowest BCUT2D eigenvalue weighted by Gasteiger charge is -2.30. The Morgan fingerprint density at radius 1 is 1.15 bits per heavy atom. The van der Waals surface area contributed by atoms with E-state index in [1.165, 1.54) is 0 Å². The summed E-state index contributed by atoms with van der Waals surface area (Å²) >= 11 is 1.90. The SMILES string of the molecule is CC(C)(CCOC(C)(C)CCNC(=O)CON)NC(=O)CCCCC1SC[C@@H]2NC(=O)N[C@H]12. The summed E-state index contributed by atoms with van der Waals surface area (Å²) in [5, 5.41) is 12.2. The third-order valence-corrected chi connectivity index (χ3v) is 7.55. The zero-order valence-corrected chi connectivity index (χ0v) is 21.1. The Morgan fingerprint density at radius 3 is 2.64 bits per heavy atom. The van der Waals surface area contributed by atoms with Crippen LogP contribution >= 0.6 is 11.8 Å². The molecule has 0 aliphatic carbocycles. The van der Waals surface area contributed by atoms with Gasteiger partial charge in [0.15, 0.2) is 0 Å². The molecule has 6 N–H and O–H groups in total. The van der Waals surface area contributed by atoms with Crippen molar-refractivity contribution in [2.75, 3.05) is 25.5 Å². The van der Waals surface area contributed by atoms with Gasteiger partial charge in [-0.05, 0) is 53.4 Å². The van der Waals surface area contributed by atoms with Crippen LogP contribution in [0.2, 0.25) is 0 Å². The maximum Gasteiger partial charge on any atom is 0.315 e. The molecule has 0 saturated carbocycles. The van der Waals surface area contributed by atoms with Gasteiger partial charge in [-0.3, -0.25) is 14.4 Å². The minimum Gasteiger partial charge on any atom is -0.375 e. The molecule has 2 saturated heterocycles. The van der Waals surface area contributed by atoms with Gasteiger partial charge >= 0.3 is 6.03 Å². The summed E-state index contributed by atoms with van der Waals surface area (Å²) in [4.78, 5) is 39.6. The minimum absolute atomic E-state index is 0.0527. The molecule has 10 nitrogen and oxygen atoms in total. The lowest BCUT2D eigenvalue weighted by molar-refractivity contribution is -0.126. The monoisotopic (exact) mass is 487 g/mol. The number of nitrogens with one attached hydrogen (secondary N) is 4. The van der Waals surface area contributed by atoms with E-state index in [9.17, 15) is 14.4 Å². The van der Waals surface area contributed by atoms with E-state index < -0.39 is 5.60 Å². The average molecular weight is 488 g/mol. The second-order valence-electron chi connectivity index (χ2n) is 10.1. The minimum atomic E-state index is -0.400. The molecule has 0 radical (unpaired) electrons. The van der Waals surface area contributed by atoms with E-state index in [0.717, 1.165) is 25.0 Å². The first-order valence-electron chi connectivity index (χ1n) is 11.7. The summed E-state index contributed by atoms with van der Waals surface area (Å²) in [6.45, 7) is 8.76. The van der Waals surface area contributed by atoms with Crippen LogP contribution < -0.4 is 27.2 Å². The molecule has 11 heteroatoms. The number of urea groups is 1. The van der Waals surface area contributed by atoms with E-state index >= 15 is 0 Å². The highest BCUT2D eigenvalue weighted by molar-refractivity contribution is 8.00. The standard InChI is InChI=1S/C22H41N5O5S/c1-21(2,10-12-31-22(3,4)9-11-24-18(29)13-32-23)27-17(28)8-6-5-7-16-19-15(14-33-16)25-20(30)26-19/h15-16,19H,5-14,23H2,1-4H3,(H,24,29)(H,27,28)(H2,25,26,30)/t15-,16?,19-/m0/s1. The fourth-order valence-electron chi connectivity index (χ4n) is 4.06. The Bertz CT molecular complexity index is 676. The third-order valence-electron chi connectivity index (χ3n) is 6.04. The van der Waals surface area contributed by atoms with E-state index in [1.807, 2.05) is 39.5 Å². The normalized spacial score (nSPS) is 22.5. The summed E-state index contributed by atoms with van der Waals surface area (Å²) < 4.78 is 5.99. The van der Waals surface area contributed by atoms with Gasteiger partial charge in [0.2, 0.25) is 11.8 Å². The number of thioether (sulfide) groups is 1. The molecule has 2 aliphatic heterocycles. The van der Waals surface area contributed by atoms with Crippen LogP contribution in [0.5, 0.6) is 0 Å². The maximum absolute atomic E-state index is 12.4. The van der Waals surface area contributed by atoms with E-state index in [-0.39, 0.29) is 42.1 Å². The molecule has 190 valence electrons. The zero-order chi connectivity index (χ0) is 24.5. The average Bonchev–Trinajstić information content (AvgIpc) is 3.24. The molecule has 2 fully saturated rings. The van der Waals surface area contributed by atoms with Crippen molar-refractivity contribution in [2.45, 2.75) is 94.7 Å². The van der Waals surface area contributed by atoms with E-state index in [0.29, 0.717) is 37.7 Å². The van der Waals surface area contributed by atoms with Crippen molar-refractivity contribution >= 4 is 29.6 Å². The molecule has 2 heterocycles. The van der Waals surface area contributed by atoms with Crippen molar-refractivity contribution in [2.24, 2.45) is 5.90 Å². The van der Waals surface area contributed by atoms with Gasteiger partial charge in [0.25, 0.3) is 0 Å². The molecule has 1 unspecified atom stereocenters. The number of hydrogen-bond donors (Lipinski definition) is 5. The number of rotatable bonds is 15. The van der Waals surface area contributed by atoms with Crippen LogP contribution in [0.1, 0.15) is 66.2 Å². The van der Waals surface area contributed by atoms with Crippen LogP contribution in [-0.2, 0) is 19.2 Å². The van der Waals surface area contributed by atoms with E-state index in [4.69, 9.17) is 10.6 Å². The summed E-state index contributed by atoms with van der Waals surface area (Å²) in [6, 6.07) is 0.401. The van der Waals surface area contributed by atoms with Crippen molar-refractivity contribution in [3.63, 3.8) is 0 Å². The van der Waals surface area contributed by atoms with Crippen molar-refractivity contribution in [1.82, 2.24) is 21.3 Å². The molecule has 0 aromatic heterocycles. The number of fused-ring (bicyclic) bond motifs is 1. The summed E-state index contributed by atoms with van der Waals surface area (Å²) in [5.74, 6) is 5.63. The van der Waals surface area contributed by atoms with Gasteiger partial charge in [0, 0.05) is 36.1 Å². The highest BCUT2D eigenvalue weighted by atomic mass is 32.2. The highest BCUT2D eigenvalue weighted by Crippen LogP contribution is 2.33.